The number of carbonyl (C=O) groups is 1. The molecule has 4 nitrogen and oxygen atoms in total. The van der Waals surface area contributed by atoms with Crippen LogP contribution in [0.3, 0.4) is 0 Å². The van der Waals surface area contributed by atoms with Gasteiger partial charge in [0.1, 0.15) is 11.3 Å². The van der Waals surface area contributed by atoms with E-state index in [2.05, 4.69) is 21.0 Å². The lowest BCUT2D eigenvalue weighted by atomic mass is 10.1. The molecule has 0 radical (unpaired) electrons. The number of aromatic nitrogens is 2. The zero-order chi connectivity index (χ0) is 15.1. The summed E-state index contributed by atoms with van der Waals surface area (Å²) in [6.45, 7) is 5.87. The Bertz CT molecular complexity index is 674. The Balaban J connectivity index is 2.66. The first kappa shape index (κ1) is 15.1. The van der Waals surface area contributed by atoms with Crippen LogP contribution in [0.15, 0.2) is 28.9 Å². The zero-order valence-corrected chi connectivity index (χ0v) is 13.7. The summed E-state index contributed by atoms with van der Waals surface area (Å²) in [4.78, 5) is 11.4. The van der Waals surface area contributed by atoms with E-state index in [1.807, 2.05) is 26.8 Å². The molecule has 1 heterocycles. The van der Waals surface area contributed by atoms with Gasteiger partial charge in [-0.3, -0.25) is 4.68 Å². The molecule has 0 aliphatic rings. The maximum atomic E-state index is 11.4. The molecule has 106 valence electrons. The van der Waals surface area contributed by atoms with Gasteiger partial charge >= 0.3 is 5.97 Å². The molecule has 0 aliphatic heterocycles. The summed E-state index contributed by atoms with van der Waals surface area (Å²) in [7, 11) is 0. The number of halogens is 2. The molecule has 0 fully saturated rings. The second-order valence-electron chi connectivity index (χ2n) is 5.44. The van der Waals surface area contributed by atoms with Crippen LogP contribution in [-0.4, -0.2) is 20.9 Å². The highest BCUT2D eigenvalue weighted by molar-refractivity contribution is 9.10. The van der Waals surface area contributed by atoms with Crippen molar-refractivity contribution in [2.45, 2.75) is 26.3 Å². The third kappa shape index (κ3) is 2.88. The van der Waals surface area contributed by atoms with Gasteiger partial charge in [0, 0.05) is 16.2 Å². The fourth-order valence-electron chi connectivity index (χ4n) is 1.75. The number of hydrogen-bond donors (Lipinski definition) is 1. The van der Waals surface area contributed by atoms with Gasteiger partial charge in [-0.25, -0.2) is 4.79 Å². The van der Waals surface area contributed by atoms with E-state index in [0.717, 1.165) is 4.47 Å². The van der Waals surface area contributed by atoms with Gasteiger partial charge in [-0.2, -0.15) is 5.10 Å². The lowest BCUT2D eigenvalue weighted by molar-refractivity contribution is 0.0697. The molecule has 1 aromatic carbocycles. The van der Waals surface area contributed by atoms with Crippen LogP contribution in [0.2, 0.25) is 5.02 Å². The number of carboxylic acids is 1. The maximum absolute atomic E-state index is 11.4. The molecule has 0 saturated carbocycles. The molecule has 0 saturated heterocycles. The molecule has 0 spiro atoms. The van der Waals surface area contributed by atoms with Gasteiger partial charge in [0.25, 0.3) is 0 Å². The maximum Gasteiger partial charge on any atom is 0.339 e. The molecule has 2 aromatic rings. The molecule has 1 N–H and O–H groups in total. The summed E-state index contributed by atoms with van der Waals surface area (Å²) >= 11 is 9.52. The predicted molar refractivity (Wildman–Crippen MR) is 82.3 cm³/mol. The Kier molecular flexibility index (Phi) is 3.93. The van der Waals surface area contributed by atoms with E-state index in [-0.39, 0.29) is 11.1 Å². The molecule has 2 rings (SSSR count). The number of hydrogen-bond acceptors (Lipinski definition) is 2. The van der Waals surface area contributed by atoms with E-state index in [4.69, 9.17) is 11.6 Å². The van der Waals surface area contributed by atoms with E-state index in [1.54, 1.807) is 16.8 Å². The highest BCUT2D eigenvalue weighted by Gasteiger charge is 2.23. The van der Waals surface area contributed by atoms with Crippen LogP contribution >= 0.6 is 27.5 Å². The first-order valence-electron chi connectivity index (χ1n) is 5.99. The second kappa shape index (κ2) is 5.22. The average molecular weight is 358 g/mol. The van der Waals surface area contributed by atoms with Crippen molar-refractivity contribution in [1.82, 2.24) is 9.78 Å². The Morgan fingerprint density at radius 3 is 2.55 bits per heavy atom. The van der Waals surface area contributed by atoms with Crippen LogP contribution < -0.4 is 0 Å². The molecule has 1 aromatic heterocycles. The van der Waals surface area contributed by atoms with Crippen molar-refractivity contribution in [2.75, 3.05) is 0 Å². The molecule has 0 atom stereocenters. The second-order valence-corrected chi connectivity index (χ2v) is 6.76. The van der Waals surface area contributed by atoms with Crippen LogP contribution in [0, 0.1) is 0 Å². The smallest absolute Gasteiger partial charge is 0.339 e. The Morgan fingerprint density at radius 1 is 1.40 bits per heavy atom. The van der Waals surface area contributed by atoms with E-state index in [0.29, 0.717) is 16.3 Å². The largest absolute Gasteiger partial charge is 0.478 e. The first-order valence-corrected chi connectivity index (χ1v) is 7.16. The molecule has 6 heteroatoms. The van der Waals surface area contributed by atoms with Crippen molar-refractivity contribution in [3.63, 3.8) is 0 Å². The molecule has 20 heavy (non-hydrogen) atoms. The van der Waals surface area contributed by atoms with Crippen molar-refractivity contribution >= 4 is 33.5 Å². The minimum atomic E-state index is -1.02. The Morgan fingerprint density at radius 2 is 2.05 bits per heavy atom. The van der Waals surface area contributed by atoms with Gasteiger partial charge in [-0.1, -0.05) is 33.6 Å². The highest BCUT2D eigenvalue weighted by Crippen LogP contribution is 2.32. The standard InChI is InChI=1S/C14H14BrClN2O2/c1-14(2,3)18-7-10(13(19)20)12(17-18)9-5-4-8(15)6-11(9)16/h4-7H,1-3H3,(H,19,20). The lowest BCUT2D eigenvalue weighted by Gasteiger charge is -2.18. The van der Waals surface area contributed by atoms with Gasteiger partial charge in [-0.15, -0.1) is 0 Å². The normalized spacial score (nSPS) is 11.7. The number of rotatable bonds is 2. The first-order chi connectivity index (χ1) is 9.20. The lowest BCUT2D eigenvalue weighted by Crippen LogP contribution is -2.22. The molecular formula is C14H14BrClN2O2. The Hall–Kier alpha value is -1.33. The van der Waals surface area contributed by atoms with E-state index in [1.165, 1.54) is 6.20 Å². The summed E-state index contributed by atoms with van der Waals surface area (Å²) in [5, 5.41) is 14.2. The van der Waals surface area contributed by atoms with Crippen LogP contribution in [0.1, 0.15) is 31.1 Å². The van der Waals surface area contributed by atoms with Crippen LogP contribution in [-0.2, 0) is 5.54 Å². The van der Waals surface area contributed by atoms with Gasteiger partial charge < -0.3 is 5.11 Å². The van der Waals surface area contributed by atoms with E-state index in [9.17, 15) is 9.90 Å². The van der Waals surface area contributed by atoms with Gasteiger partial charge in [-0.05, 0) is 32.9 Å². The number of carboxylic acid groups (broad SMARTS) is 1. The minimum absolute atomic E-state index is 0.143. The topological polar surface area (TPSA) is 55.1 Å². The number of benzene rings is 1. The summed E-state index contributed by atoms with van der Waals surface area (Å²) in [5.74, 6) is -1.02. The Labute approximate surface area is 130 Å². The van der Waals surface area contributed by atoms with Crippen LogP contribution in [0.5, 0.6) is 0 Å². The molecule has 0 aliphatic carbocycles. The third-order valence-electron chi connectivity index (χ3n) is 2.82. The quantitative estimate of drug-likeness (QED) is 0.865. The van der Waals surface area contributed by atoms with Gasteiger partial charge in [0.15, 0.2) is 0 Å². The SMILES string of the molecule is CC(C)(C)n1cc(C(=O)O)c(-c2ccc(Br)cc2Cl)n1. The van der Waals surface area contributed by atoms with Crippen molar-refractivity contribution in [2.24, 2.45) is 0 Å². The minimum Gasteiger partial charge on any atom is -0.478 e. The number of aromatic carboxylic acids is 1. The monoisotopic (exact) mass is 356 g/mol. The van der Waals surface area contributed by atoms with Gasteiger partial charge in [0.05, 0.1) is 10.6 Å². The van der Waals surface area contributed by atoms with Crippen molar-refractivity contribution in [1.29, 1.82) is 0 Å². The van der Waals surface area contributed by atoms with Crippen molar-refractivity contribution in [3.05, 3.63) is 39.5 Å². The summed E-state index contributed by atoms with van der Waals surface area (Å²) in [5.41, 5.74) is 0.828. The summed E-state index contributed by atoms with van der Waals surface area (Å²) in [6, 6.07) is 5.29. The molecule has 0 amide bonds. The van der Waals surface area contributed by atoms with Crippen molar-refractivity contribution in [3.8, 4) is 11.3 Å². The van der Waals surface area contributed by atoms with E-state index < -0.39 is 5.97 Å². The molecule has 0 unspecified atom stereocenters. The number of nitrogens with zero attached hydrogens (tertiary/aromatic N) is 2. The summed E-state index contributed by atoms with van der Waals surface area (Å²) in [6.07, 6.45) is 1.54. The zero-order valence-electron chi connectivity index (χ0n) is 11.3. The van der Waals surface area contributed by atoms with Gasteiger partial charge in [0.2, 0.25) is 0 Å². The van der Waals surface area contributed by atoms with Crippen LogP contribution in [0.25, 0.3) is 11.3 Å². The van der Waals surface area contributed by atoms with Crippen molar-refractivity contribution < 1.29 is 9.90 Å². The molecule has 0 bridgehead atoms. The average Bonchev–Trinajstić information content (AvgIpc) is 2.73. The summed E-state index contributed by atoms with van der Waals surface area (Å²) < 4.78 is 2.47. The fourth-order valence-corrected chi connectivity index (χ4v) is 2.52. The molecular weight excluding hydrogens is 344 g/mol. The van der Waals surface area contributed by atoms with E-state index >= 15 is 0 Å². The highest BCUT2D eigenvalue weighted by atomic mass is 79.9. The van der Waals surface area contributed by atoms with Crippen LogP contribution in [0.4, 0.5) is 0 Å². The predicted octanol–water partition coefficient (Wildman–Crippen LogP) is 4.42. The fraction of sp³-hybridized carbons (Fsp3) is 0.286. The third-order valence-corrected chi connectivity index (χ3v) is 3.62.